The summed E-state index contributed by atoms with van der Waals surface area (Å²) in [7, 11) is 0. The molecular weight excluding hydrogens is 312 g/mol. The normalized spacial score (nSPS) is 11.7. The van der Waals surface area contributed by atoms with Crippen LogP contribution in [0.15, 0.2) is 78.9 Å². The molecule has 0 aromatic heterocycles. The number of rotatable bonds is 6. The van der Waals surface area contributed by atoms with Gasteiger partial charge in [0.15, 0.2) is 6.10 Å². The number of benzene rings is 3. The third kappa shape index (κ3) is 4.48. The predicted molar refractivity (Wildman–Crippen MR) is 98.8 cm³/mol. The van der Waals surface area contributed by atoms with E-state index in [4.69, 9.17) is 4.74 Å². The number of aryl methyl sites for hydroxylation is 1. The maximum absolute atomic E-state index is 11.5. The summed E-state index contributed by atoms with van der Waals surface area (Å²) in [6, 6.07) is 25.4. The molecule has 3 rings (SSSR count). The molecule has 25 heavy (non-hydrogen) atoms. The Kier molecular flexibility index (Phi) is 5.14. The van der Waals surface area contributed by atoms with Crippen LogP contribution in [-0.4, -0.2) is 17.2 Å². The molecule has 3 aromatic carbocycles. The van der Waals surface area contributed by atoms with E-state index in [1.807, 2.05) is 85.8 Å². The van der Waals surface area contributed by atoms with Gasteiger partial charge in [-0.25, -0.2) is 4.79 Å². The van der Waals surface area contributed by atoms with Crippen molar-refractivity contribution < 1.29 is 14.6 Å². The van der Waals surface area contributed by atoms with Crippen LogP contribution in [0, 0.1) is 6.92 Å². The van der Waals surface area contributed by atoms with Gasteiger partial charge in [-0.1, -0.05) is 72.3 Å². The minimum atomic E-state index is -0.965. The zero-order valence-corrected chi connectivity index (χ0v) is 14.1. The lowest BCUT2D eigenvalue weighted by Gasteiger charge is -2.16. The zero-order valence-electron chi connectivity index (χ0n) is 14.1. The van der Waals surface area contributed by atoms with Crippen molar-refractivity contribution in [2.24, 2.45) is 0 Å². The molecule has 0 heterocycles. The maximum Gasteiger partial charge on any atom is 0.345 e. The summed E-state index contributed by atoms with van der Waals surface area (Å²) in [6.45, 7) is 2.00. The summed E-state index contributed by atoms with van der Waals surface area (Å²) in [5.41, 5.74) is 4.27. The van der Waals surface area contributed by atoms with E-state index in [-0.39, 0.29) is 0 Å². The van der Waals surface area contributed by atoms with Gasteiger partial charge in [0.2, 0.25) is 0 Å². The fraction of sp³-hybridized carbons (Fsp3) is 0.136. The summed E-state index contributed by atoms with van der Waals surface area (Å²) < 4.78 is 5.70. The van der Waals surface area contributed by atoms with E-state index in [1.54, 1.807) is 0 Å². The van der Waals surface area contributed by atoms with Crippen LogP contribution < -0.4 is 4.74 Å². The third-order valence-corrected chi connectivity index (χ3v) is 4.06. The lowest BCUT2D eigenvalue weighted by Crippen LogP contribution is -2.29. The van der Waals surface area contributed by atoms with Crippen LogP contribution in [0.1, 0.15) is 11.1 Å². The topological polar surface area (TPSA) is 46.5 Å². The SMILES string of the molecule is Cc1ccc(C[C@@H](Oc2ccc(-c3ccccc3)cc2)C(=O)O)cc1. The number of aliphatic carboxylic acids is 1. The van der Waals surface area contributed by atoms with Crippen molar-refractivity contribution in [1.29, 1.82) is 0 Å². The number of hydrogen-bond acceptors (Lipinski definition) is 2. The molecule has 1 atom stereocenters. The first-order valence-corrected chi connectivity index (χ1v) is 8.22. The molecule has 0 amide bonds. The fourth-order valence-corrected chi connectivity index (χ4v) is 2.64. The molecule has 3 aromatic rings. The second-order valence-corrected chi connectivity index (χ2v) is 6.02. The Hall–Kier alpha value is -3.07. The van der Waals surface area contributed by atoms with Gasteiger partial charge in [0.05, 0.1) is 0 Å². The first-order valence-electron chi connectivity index (χ1n) is 8.22. The molecule has 1 N–H and O–H groups in total. The minimum absolute atomic E-state index is 0.329. The standard InChI is InChI=1S/C22H20O3/c1-16-7-9-17(10-8-16)15-21(22(23)24)25-20-13-11-19(12-14-20)18-5-3-2-4-6-18/h2-14,21H,15H2,1H3,(H,23,24)/t21-/m1/s1. The van der Waals surface area contributed by atoms with Crippen LogP contribution in [0.2, 0.25) is 0 Å². The van der Waals surface area contributed by atoms with Crippen molar-refractivity contribution in [3.05, 3.63) is 90.0 Å². The first kappa shape index (κ1) is 16.8. The van der Waals surface area contributed by atoms with Gasteiger partial charge < -0.3 is 9.84 Å². The molecule has 0 saturated heterocycles. The van der Waals surface area contributed by atoms with Gasteiger partial charge in [0.1, 0.15) is 5.75 Å². The molecular formula is C22H20O3. The number of carbonyl (C=O) groups is 1. The number of carboxylic acids is 1. The summed E-state index contributed by atoms with van der Waals surface area (Å²) in [5, 5.41) is 9.46. The Morgan fingerprint density at radius 1 is 0.880 bits per heavy atom. The Balaban J connectivity index is 1.72. The maximum atomic E-state index is 11.5. The van der Waals surface area contributed by atoms with Crippen molar-refractivity contribution in [3.63, 3.8) is 0 Å². The highest BCUT2D eigenvalue weighted by atomic mass is 16.5. The van der Waals surface area contributed by atoms with Gasteiger partial charge in [0, 0.05) is 6.42 Å². The molecule has 0 bridgehead atoms. The van der Waals surface area contributed by atoms with Gasteiger partial charge >= 0.3 is 5.97 Å². The van der Waals surface area contributed by atoms with Crippen molar-refractivity contribution in [3.8, 4) is 16.9 Å². The lowest BCUT2D eigenvalue weighted by molar-refractivity contribution is -0.145. The van der Waals surface area contributed by atoms with Crippen molar-refractivity contribution in [2.45, 2.75) is 19.4 Å². The lowest BCUT2D eigenvalue weighted by atomic mass is 10.1. The summed E-state index contributed by atoms with van der Waals surface area (Å²) in [5.74, 6) is -0.410. The Morgan fingerprint density at radius 2 is 1.48 bits per heavy atom. The predicted octanol–water partition coefficient (Wildman–Crippen LogP) is 4.74. The van der Waals surface area contributed by atoms with Crippen LogP contribution >= 0.6 is 0 Å². The molecule has 0 unspecified atom stereocenters. The van der Waals surface area contributed by atoms with E-state index in [9.17, 15) is 9.90 Å². The molecule has 0 saturated carbocycles. The highest BCUT2D eigenvalue weighted by molar-refractivity contribution is 5.73. The number of hydrogen-bond donors (Lipinski definition) is 1. The van der Waals surface area contributed by atoms with E-state index in [2.05, 4.69) is 0 Å². The second-order valence-electron chi connectivity index (χ2n) is 6.02. The molecule has 0 radical (unpaired) electrons. The zero-order chi connectivity index (χ0) is 17.6. The summed E-state index contributed by atoms with van der Waals surface area (Å²) in [6.07, 6.45) is -0.582. The third-order valence-electron chi connectivity index (χ3n) is 4.06. The van der Waals surface area contributed by atoms with E-state index in [0.29, 0.717) is 12.2 Å². The van der Waals surface area contributed by atoms with Crippen LogP contribution in [0.3, 0.4) is 0 Å². The Morgan fingerprint density at radius 3 is 2.08 bits per heavy atom. The summed E-state index contributed by atoms with van der Waals surface area (Å²) in [4.78, 5) is 11.5. The molecule has 126 valence electrons. The molecule has 3 heteroatoms. The minimum Gasteiger partial charge on any atom is -0.478 e. The monoisotopic (exact) mass is 332 g/mol. The number of carboxylic acid groups (broad SMARTS) is 1. The largest absolute Gasteiger partial charge is 0.478 e. The van der Waals surface area contributed by atoms with Crippen molar-refractivity contribution in [1.82, 2.24) is 0 Å². The quantitative estimate of drug-likeness (QED) is 0.709. The van der Waals surface area contributed by atoms with Gasteiger partial charge in [-0.05, 0) is 35.7 Å². The Bertz CT molecular complexity index is 821. The van der Waals surface area contributed by atoms with Gasteiger partial charge in [-0.3, -0.25) is 0 Å². The molecule has 0 aliphatic rings. The van der Waals surface area contributed by atoms with Crippen LogP contribution in [0.4, 0.5) is 0 Å². The molecule has 3 nitrogen and oxygen atoms in total. The van der Waals surface area contributed by atoms with Gasteiger partial charge in [0.25, 0.3) is 0 Å². The highest BCUT2D eigenvalue weighted by Crippen LogP contribution is 2.23. The molecule has 0 aliphatic carbocycles. The molecule has 0 spiro atoms. The van der Waals surface area contributed by atoms with Gasteiger partial charge in [-0.15, -0.1) is 0 Å². The van der Waals surface area contributed by atoms with Crippen LogP contribution in [0.5, 0.6) is 5.75 Å². The highest BCUT2D eigenvalue weighted by Gasteiger charge is 2.20. The van der Waals surface area contributed by atoms with Gasteiger partial charge in [-0.2, -0.15) is 0 Å². The van der Waals surface area contributed by atoms with E-state index < -0.39 is 12.1 Å². The molecule has 0 aliphatic heterocycles. The van der Waals surface area contributed by atoms with E-state index in [0.717, 1.165) is 22.3 Å². The fourth-order valence-electron chi connectivity index (χ4n) is 2.64. The number of ether oxygens (including phenoxy) is 1. The average Bonchev–Trinajstić information content (AvgIpc) is 2.64. The van der Waals surface area contributed by atoms with E-state index in [1.165, 1.54) is 0 Å². The average molecular weight is 332 g/mol. The van der Waals surface area contributed by atoms with Crippen molar-refractivity contribution in [2.75, 3.05) is 0 Å². The van der Waals surface area contributed by atoms with E-state index >= 15 is 0 Å². The smallest absolute Gasteiger partial charge is 0.345 e. The van der Waals surface area contributed by atoms with Crippen LogP contribution in [-0.2, 0) is 11.2 Å². The second kappa shape index (κ2) is 7.67. The molecule has 0 fully saturated rings. The summed E-state index contributed by atoms with van der Waals surface area (Å²) >= 11 is 0. The van der Waals surface area contributed by atoms with Crippen LogP contribution in [0.25, 0.3) is 11.1 Å². The van der Waals surface area contributed by atoms with Crippen molar-refractivity contribution >= 4 is 5.97 Å². The first-order chi connectivity index (χ1) is 12.1. The Labute approximate surface area is 147 Å².